The van der Waals surface area contributed by atoms with E-state index < -0.39 is 0 Å². The van der Waals surface area contributed by atoms with Crippen LogP contribution in [0.4, 0.5) is 0 Å². The second kappa shape index (κ2) is 6.76. The molecule has 0 aliphatic carbocycles. The number of nitrogens with two attached hydrogens (primary N) is 1. The third kappa shape index (κ3) is 7.98. The van der Waals surface area contributed by atoms with E-state index in [1.54, 1.807) is 0 Å². The molecule has 0 heterocycles. The SMILES string of the molecule is CC(C)CC(CC(C)C)=NNC(N)=S. The summed E-state index contributed by atoms with van der Waals surface area (Å²) < 4.78 is 0. The van der Waals surface area contributed by atoms with Crippen molar-refractivity contribution in [2.75, 3.05) is 0 Å². The van der Waals surface area contributed by atoms with Gasteiger partial charge in [0.15, 0.2) is 5.11 Å². The summed E-state index contributed by atoms with van der Waals surface area (Å²) in [6.07, 6.45) is 1.99. The Kier molecular flexibility index (Phi) is 6.45. The van der Waals surface area contributed by atoms with Gasteiger partial charge in [0.05, 0.1) is 0 Å². The van der Waals surface area contributed by atoms with E-state index in [0.29, 0.717) is 11.8 Å². The Labute approximate surface area is 92.1 Å². The molecule has 0 radical (unpaired) electrons. The Hall–Kier alpha value is -0.640. The minimum absolute atomic E-state index is 0.231. The van der Waals surface area contributed by atoms with Crippen LogP contribution in [-0.2, 0) is 0 Å². The van der Waals surface area contributed by atoms with Gasteiger partial charge in [-0.1, -0.05) is 27.7 Å². The standard InChI is InChI=1S/C10H21N3S/c1-7(2)5-9(6-8(3)4)12-13-10(11)14/h7-8H,5-6H2,1-4H3,(H3,11,13,14). The molecule has 0 aromatic heterocycles. The van der Waals surface area contributed by atoms with Crippen molar-refractivity contribution >= 4 is 23.0 Å². The highest BCUT2D eigenvalue weighted by molar-refractivity contribution is 7.80. The van der Waals surface area contributed by atoms with Gasteiger partial charge in [0.1, 0.15) is 0 Å². The van der Waals surface area contributed by atoms with E-state index in [-0.39, 0.29) is 5.11 Å². The zero-order chi connectivity index (χ0) is 11.1. The summed E-state index contributed by atoms with van der Waals surface area (Å²) >= 11 is 4.70. The molecule has 0 bridgehead atoms. The van der Waals surface area contributed by atoms with Crippen molar-refractivity contribution in [2.45, 2.75) is 40.5 Å². The molecule has 0 atom stereocenters. The maximum absolute atomic E-state index is 5.32. The van der Waals surface area contributed by atoms with Crippen LogP contribution in [0.1, 0.15) is 40.5 Å². The summed E-state index contributed by atoms with van der Waals surface area (Å²) in [5.41, 5.74) is 9.11. The molecule has 0 amide bonds. The highest BCUT2D eigenvalue weighted by Crippen LogP contribution is 2.09. The van der Waals surface area contributed by atoms with Gasteiger partial charge in [-0.15, -0.1) is 0 Å². The first-order valence-corrected chi connectivity index (χ1v) is 5.43. The van der Waals surface area contributed by atoms with Crippen molar-refractivity contribution in [3.63, 3.8) is 0 Å². The largest absolute Gasteiger partial charge is 0.375 e. The van der Waals surface area contributed by atoms with Crippen LogP contribution in [0.25, 0.3) is 0 Å². The molecule has 0 saturated carbocycles. The topological polar surface area (TPSA) is 50.4 Å². The van der Waals surface area contributed by atoms with Crippen LogP contribution in [0.3, 0.4) is 0 Å². The molecule has 0 rings (SSSR count). The fourth-order valence-electron chi connectivity index (χ4n) is 1.25. The molecule has 14 heavy (non-hydrogen) atoms. The monoisotopic (exact) mass is 215 g/mol. The smallest absolute Gasteiger partial charge is 0.184 e. The first kappa shape index (κ1) is 13.4. The van der Waals surface area contributed by atoms with E-state index in [1.807, 2.05) is 0 Å². The molecule has 4 heteroatoms. The van der Waals surface area contributed by atoms with Crippen molar-refractivity contribution in [3.8, 4) is 0 Å². The summed E-state index contributed by atoms with van der Waals surface area (Å²) in [5, 5.41) is 4.44. The number of hydrogen-bond acceptors (Lipinski definition) is 2. The Morgan fingerprint density at radius 1 is 1.21 bits per heavy atom. The second-order valence-electron chi connectivity index (χ2n) is 4.35. The van der Waals surface area contributed by atoms with Gasteiger partial charge in [-0.3, -0.25) is 5.43 Å². The Bertz CT molecular complexity index is 197. The lowest BCUT2D eigenvalue weighted by atomic mass is 9.99. The maximum Gasteiger partial charge on any atom is 0.184 e. The maximum atomic E-state index is 5.32. The molecule has 0 aromatic rings. The van der Waals surface area contributed by atoms with Crippen LogP contribution in [0.5, 0.6) is 0 Å². The zero-order valence-corrected chi connectivity index (χ0v) is 10.3. The van der Waals surface area contributed by atoms with Gasteiger partial charge in [0.25, 0.3) is 0 Å². The summed E-state index contributed by atoms with van der Waals surface area (Å²) in [4.78, 5) is 0. The molecular formula is C10H21N3S. The van der Waals surface area contributed by atoms with Crippen LogP contribution in [-0.4, -0.2) is 10.8 Å². The van der Waals surface area contributed by atoms with Gasteiger partial charge in [0, 0.05) is 5.71 Å². The van der Waals surface area contributed by atoms with Crippen LogP contribution >= 0.6 is 12.2 Å². The van der Waals surface area contributed by atoms with Gasteiger partial charge in [-0.2, -0.15) is 5.10 Å². The van der Waals surface area contributed by atoms with Crippen molar-refractivity contribution in [1.82, 2.24) is 5.43 Å². The Balaban J connectivity index is 4.22. The fourth-order valence-corrected chi connectivity index (χ4v) is 1.30. The van der Waals surface area contributed by atoms with Crippen LogP contribution < -0.4 is 11.2 Å². The van der Waals surface area contributed by atoms with Crippen molar-refractivity contribution < 1.29 is 0 Å². The summed E-state index contributed by atoms with van der Waals surface area (Å²) in [5.74, 6) is 1.22. The van der Waals surface area contributed by atoms with Gasteiger partial charge in [-0.25, -0.2) is 0 Å². The Morgan fingerprint density at radius 2 is 1.64 bits per heavy atom. The molecule has 0 aliphatic heterocycles. The fraction of sp³-hybridized carbons (Fsp3) is 0.800. The molecule has 82 valence electrons. The van der Waals surface area contributed by atoms with E-state index in [0.717, 1.165) is 18.6 Å². The van der Waals surface area contributed by atoms with Crippen molar-refractivity contribution in [1.29, 1.82) is 0 Å². The lowest BCUT2D eigenvalue weighted by molar-refractivity contribution is 0.631. The molecule has 0 spiro atoms. The van der Waals surface area contributed by atoms with E-state index in [1.165, 1.54) is 0 Å². The minimum Gasteiger partial charge on any atom is -0.375 e. The summed E-state index contributed by atoms with van der Waals surface area (Å²) in [6.45, 7) is 8.71. The van der Waals surface area contributed by atoms with Gasteiger partial charge >= 0.3 is 0 Å². The predicted octanol–water partition coefficient (Wildman–Crippen LogP) is 2.27. The first-order valence-electron chi connectivity index (χ1n) is 5.02. The van der Waals surface area contributed by atoms with Crippen molar-refractivity contribution in [2.24, 2.45) is 22.7 Å². The van der Waals surface area contributed by atoms with Crippen LogP contribution in [0.15, 0.2) is 5.10 Å². The van der Waals surface area contributed by atoms with Crippen LogP contribution in [0, 0.1) is 11.8 Å². The second-order valence-corrected chi connectivity index (χ2v) is 4.79. The molecule has 0 fully saturated rings. The summed E-state index contributed by atoms with van der Waals surface area (Å²) in [6, 6.07) is 0. The zero-order valence-electron chi connectivity index (χ0n) is 9.50. The number of nitrogens with zero attached hydrogens (tertiary/aromatic N) is 1. The lowest BCUT2D eigenvalue weighted by Gasteiger charge is -2.11. The van der Waals surface area contributed by atoms with Crippen molar-refractivity contribution in [3.05, 3.63) is 0 Å². The Morgan fingerprint density at radius 3 is 1.93 bits per heavy atom. The van der Waals surface area contributed by atoms with E-state index in [9.17, 15) is 0 Å². The predicted molar refractivity (Wildman–Crippen MR) is 66.3 cm³/mol. The van der Waals surface area contributed by atoms with Gasteiger partial charge < -0.3 is 5.73 Å². The van der Waals surface area contributed by atoms with Gasteiger partial charge in [0.2, 0.25) is 0 Å². The molecule has 0 aromatic carbocycles. The number of rotatable bonds is 5. The molecule has 3 N–H and O–H groups in total. The molecule has 0 saturated heterocycles. The average Bonchev–Trinajstić information content (AvgIpc) is 1.97. The minimum atomic E-state index is 0.231. The average molecular weight is 215 g/mol. The van der Waals surface area contributed by atoms with E-state index in [4.69, 9.17) is 18.0 Å². The third-order valence-corrected chi connectivity index (χ3v) is 1.70. The normalized spacial score (nSPS) is 10.4. The number of nitrogens with one attached hydrogen (secondary N) is 1. The molecular weight excluding hydrogens is 194 g/mol. The lowest BCUT2D eigenvalue weighted by Crippen LogP contribution is -2.26. The first-order chi connectivity index (χ1) is 6.41. The molecule has 3 nitrogen and oxygen atoms in total. The summed E-state index contributed by atoms with van der Waals surface area (Å²) in [7, 11) is 0. The van der Waals surface area contributed by atoms with E-state index in [2.05, 4.69) is 38.2 Å². The van der Waals surface area contributed by atoms with Gasteiger partial charge in [-0.05, 0) is 36.9 Å². The van der Waals surface area contributed by atoms with Crippen LogP contribution in [0.2, 0.25) is 0 Å². The molecule has 0 unspecified atom stereocenters. The molecule has 0 aliphatic rings. The highest BCUT2D eigenvalue weighted by atomic mass is 32.1. The number of hydrazone groups is 1. The number of thiocarbonyl (C=S) groups is 1. The number of hydrogen-bond donors (Lipinski definition) is 2. The quantitative estimate of drug-likeness (QED) is 0.420. The highest BCUT2D eigenvalue weighted by Gasteiger charge is 2.06. The van der Waals surface area contributed by atoms with E-state index >= 15 is 0 Å². The third-order valence-electron chi connectivity index (χ3n) is 1.61.